The SMILES string of the molecule is CC(C)S(=O)(=O)c1ccccc1Nc1nc(N)nc2ccn(-c3cccc(NC(=O)CN4CCC(N(C)C)CC4)c3)c12. The topological polar surface area (TPSA) is 138 Å². The Morgan fingerprint density at radius 1 is 1.07 bits per heavy atom. The molecule has 11 nitrogen and oxygen atoms in total. The molecule has 0 spiro atoms. The molecule has 0 aliphatic carbocycles. The first-order chi connectivity index (χ1) is 20.0. The highest BCUT2D eigenvalue weighted by atomic mass is 32.2. The van der Waals surface area contributed by atoms with Crippen molar-refractivity contribution in [2.45, 2.75) is 42.9 Å². The van der Waals surface area contributed by atoms with Gasteiger partial charge in [-0.05, 0) is 77.2 Å². The fourth-order valence-electron chi connectivity index (χ4n) is 5.30. The summed E-state index contributed by atoms with van der Waals surface area (Å²) in [6.07, 6.45) is 3.94. The maximum atomic E-state index is 13.1. The van der Waals surface area contributed by atoms with Gasteiger partial charge in [0.05, 0.1) is 27.9 Å². The van der Waals surface area contributed by atoms with E-state index in [4.69, 9.17) is 5.73 Å². The quantitative estimate of drug-likeness (QED) is 0.265. The van der Waals surface area contributed by atoms with Crippen molar-refractivity contribution in [3.05, 3.63) is 60.8 Å². The van der Waals surface area contributed by atoms with Crippen molar-refractivity contribution in [1.29, 1.82) is 0 Å². The third-order valence-corrected chi connectivity index (χ3v) is 9.89. The zero-order valence-electron chi connectivity index (χ0n) is 24.4. The zero-order valence-corrected chi connectivity index (χ0v) is 25.2. The van der Waals surface area contributed by atoms with Crippen LogP contribution in [-0.4, -0.2) is 83.7 Å². The number of fused-ring (bicyclic) bond motifs is 1. The van der Waals surface area contributed by atoms with Gasteiger partial charge in [0.2, 0.25) is 11.9 Å². The van der Waals surface area contributed by atoms with Gasteiger partial charge in [0.15, 0.2) is 15.7 Å². The van der Waals surface area contributed by atoms with Gasteiger partial charge in [0.25, 0.3) is 0 Å². The summed E-state index contributed by atoms with van der Waals surface area (Å²) in [7, 11) is 0.639. The van der Waals surface area contributed by atoms with Crippen LogP contribution in [0.3, 0.4) is 0 Å². The summed E-state index contributed by atoms with van der Waals surface area (Å²) in [6.45, 7) is 5.43. The first-order valence-electron chi connectivity index (χ1n) is 14.1. The second kappa shape index (κ2) is 12.1. The third kappa shape index (κ3) is 6.25. The minimum absolute atomic E-state index is 0.0579. The fourth-order valence-corrected chi connectivity index (χ4v) is 6.50. The zero-order chi connectivity index (χ0) is 30.0. The average molecular weight is 591 g/mol. The minimum atomic E-state index is -3.56. The maximum absolute atomic E-state index is 13.1. The van der Waals surface area contributed by atoms with Crippen LogP contribution in [0.2, 0.25) is 0 Å². The lowest BCUT2D eigenvalue weighted by molar-refractivity contribution is -0.117. The summed E-state index contributed by atoms with van der Waals surface area (Å²) < 4.78 is 28.0. The van der Waals surface area contributed by atoms with E-state index in [-0.39, 0.29) is 16.8 Å². The Labute approximate surface area is 246 Å². The van der Waals surface area contributed by atoms with Crippen LogP contribution >= 0.6 is 0 Å². The highest BCUT2D eigenvalue weighted by molar-refractivity contribution is 7.92. The number of nitrogens with two attached hydrogens (primary N) is 1. The van der Waals surface area contributed by atoms with E-state index in [2.05, 4.69) is 44.5 Å². The van der Waals surface area contributed by atoms with Crippen molar-refractivity contribution in [2.24, 2.45) is 0 Å². The number of sulfone groups is 1. The van der Waals surface area contributed by atoms with E-state index < -0.39 is 15.1 Å². The Morgan fingerprint density at radius 3 is 2.52 bits per heavy atom. The van der Waals surface area contributed by atoms with Crippen LogP contribution in [0, 0.1) is 0 Å². The van der Waals surface area contributed by atoms with Gasteiger partial charge in [-0.3, -0.25) is 9.69 Å². The van der Waals surface area contributed by atoms with Gasteiger partial charge in [-0.25, -0.2) is 13.4 Å². The van der Waals surface area contributed by atoms with Gasteiger partial charge in [-0.15, -0.1) is 0 Å². The molecule has 1 amide bonds. The van der Waals surface area contributed by atoms with Crippen LogP contribution in [0.5, 0.6) is 0 Å². The molecular formula is C30H38N8O3S. The average Bonchev–Trinajstić information content (AvgIpc) is 3.37. The van der Waals surface area contributed by atoms with E-state index in [0.717, 1.165) is 31.6 Å². The molecule has 0 saturated carbocycles. The highest BCUT2D eigenvalue weighted by Gasteiger charge is 2.24. The number of hydrogen-bond donors (Lipinski definition) is 3. The molecule has 0 atom stereocenters. The smallest absolute Gasteiger partial charge is 0.238 e. The normalized spacial score (nSPS) is 15.0. The largest absolute Gasteiger partial charge is 0.368 e. The monoisotopic (exact) mass is 590 g/mol. The van der Waals surface area contributed by atoms with E-state index >= 15 is 0 Å². The molecule has 0 bridgehead atoms. The van der Waals surface area contributed by atoms with Gasteiger partial charge in [0, 0.05) is 36.7 Å². The van der Waals surface area contributed by atoms with Crippen molar-refractivity contribution in [3.63, 3.8) is 0 Å². The number of nitrogens with zero attached hydrogens (tertiary/aromatic N) is 5. The molecule has 4 N–H and O–H groups in total. The molecule has 2 aromatic heterocycles. The number of rotatable bonds is 9. The number of anilines is 4. The number of aromatic nitrogens is 3. The lowest BCUT2D eigenvalue weighted by Gasteiger charge is -2.34. The van der Waals surface area contributed by atoms with Crippen molar-refractivity contribution >= 4 is 49.9 Å². The Balaban J connectivity index is 1.41. The van der Waals surface area contributed by atoms with E-state index in [1.165, 1.54) is 0 Å². The van der Waals surface area contributed by atoms with Crippen molar-refractivity contribution in [3.8, 4) is 5.69 Å². The predicted octanol–water partition coefficient (Wildman–Crippen LogP) is 3.89. The molecule has 222 valence electrons. The van der Waals surface area contributed by atoms with Crippen molar-refractivity contribution < 1.29 is 13.2 Å². The number of likely N-dealkylation sites (tertiary alicyclic amines) is 1. The van der Waals surface area contributed by atoms with Gasteiger partial charge in [0.1, 0.15) is 5.52 Å². The van der Waals surface area contributed by atoms with Crippen LogP contribution in [0.15, 0.2) is 65.7 Å². The second-order valence-electron chi connectivity index (χ2n) is 11.1. The van der Waals surface area contributed by atoms with E-state index in [1.54, 1.807) is 38.1 Å². The first kappa shape index (κ1) is 29.5. The number of hydrogen-bond acceptors (Lipinski definition) is 9. The van der Waals surface area contributed by atoms with Crippen LogP contribution in [0.1, 0.15) is 26.7 Å². The molecule has 2 aromatic carbocycles. The lowest BCUT2D eigenvalue weighted by atomic mass is 10.0. The molecule has 1 aliphatic heterocycles. The number of amides is 1. The van der Waals surface area contributed by atoms with Crippen molar-refractivity contribution in [1.82, 2.24) is 24.3 Å². The molecular weight excluding hydrogens is 552 g/mol. The van der Waals surface area contributed by atoms with Gasteiger partial charge < -0.3 is 25.8 Å². The maximum Gasteiger partial charge on any atom is 0.238 e. The number of nitrogens with one attached hydrogen (secondary N) is 2. The molecule has 0 radical (unpaired) electrons. The molecule has 1 fully saturated rings. The lowest BCUT2D eigenvalue weighted by Crippen LogP contribution is -2.44. The number of carbonyl (C=O) groups excluding carboxylic acids is 1. The fraction of sp³-hybridized carbons (Fsp3) is 0.367. The summed E-state index contributed by atoms with van der Waals surface area (Å²) in [5.74, 6) is 0.362. The third-order valence-electron chi connectivity index (χ3n) is 7.68. The number of piperidine rings is 1. The van der Waals surface area contributed by atoms with Crippen molar-refractivity contribution in [2.75, 3.05) is 50.1 Å². The number of para-hydroxylation sites is 1. The van der Waals surface area contributed by atoms with Crippen LogP contribution in [-0.2, 0) is 14.6 Å². The minimum Gasteiger partial charge on any atom is -0.368 e. The van der Waals surface area contributed by atoms with E-state index in [0.29, 0.717) is 40.8 Å². The molecule has 1 aliphatic rings. The molecule has 42 heavy (non-hydrogen) atoms. The molecule has 1 saturated heterocycles. The van der Waals surface area contributed by atoms with Gasteiger partial charge in [-0.2, -0.15) is 4.98 Å². The van der Waals surface area contributed by atoms with Crippen LogP contribution in [0.4, 0.5) is 23.1 Å². The predicted molar refractivity (Wildman–Crippen MR) is 167 cm³/mol. The summed E-state index contributed by atoms with van der Waals surface area (Å²) in [5.41, 5.74) is 9.08. The molecule has 5 rings (SSSR count). The first-order valence-corrected chi connectivity index (χ1v) is 15.6. The van der Waals surface area contributed by atoms with E-state index in [9.17, 15) is 13.2 Å². The van der Waals surface area contributed by atoms with Gasteiger partial charge in [-0.1, -0.05) is 18.2 Å². The molecule has 0 unspecified atom stereocenters. The Hall–Kier alpha value is -4.00. The van der Waals surface area contributed by atoms with E-state index in [1.807, 2.05) is 41.1 Å². The van der Waals surface area contributed by atoms with Crippen LogP contribution < -0.4 is 16.4 Å². The Morgan fingerprint density at radius 2 is 1.81 bits per heavy atom. The second-order valence-corrected chi connectivity index (χ2v) is 13.6. The molecule has 4 aromatic rings. The summed E-state index contributed by atoms with van der Waals surface area (Å²) >= 11 is 0. The van der Waals surface area contributed by atoms with Crippen LogP contribution in [0.25, 0.3) is 16.7 Å². The number of nitrogen functional groups attached to an aromatic ring is 1. The number of benzene rings is 2. The summed E-state index contributed by atoms with van der Waals surface area (Å²) in [4.78, 5) is 26.3. The summed E-state index contributed by atoms with van der Waals surface area (Å²) in [6, 6.07) is 16.6. The highest BCUT2D eigenvalue weighted by Crippen LogP contribution is 2.32. The molecule has 12 heteroatoms. The number of carbonyl (C=O) groups is 1. The Kier molecular flexibility index (Phi) is 8.48. The Bertz CT molecular complexity index is 1690. The standard InChI is InChI=1S/C30H38N8O3S/c1-20(2)42(40,41)26-11-6-5-10-24(26)33-29-28-25(34-30(31)35-29)14-17-38(28)23-9-7-8-21(18-23)32-27(39)19-37-15-12-22(13-16-37)36(3)4/h5-11,14,17-18,20,22H,12-13,15-16,19H2,1-4H3,(H,32,39)(H3,31,33,34,35). The summed E-state index contributed by atoms with van der Waals surface area (Å²) in [5, 5.41) is 5.65. The molecule has 3 heterocycles. The van der Waals surface area contributed by atoms with Gasteiger partial charge >= 0.3 is 0 Å².